The minimum absolute atomic E-state index is 0.0934. The largest absolute Gasteiger partial charge is 0.497 e. The van der Waals surface area contributed by atoms with Gasteiger partial charge in [-0.1, -0.05) is 6.07 Å². The minimum atomic E-state index is -3.78. The van der Waals surface area contributed by atoms with E-state index in [1.807, 2.05) is 0 Å². The van der Waals surface area contributed by atoms with Crippen LogP contribution in [0.25, 0.3) is 0 Å². The minimum Gasteiger partial charge on any atom is -0.497 e. The van der Waals surface area contributed by atoms with Gasteiger partial charge in [0.2, 0.25) is 11.8 Å². The fraction of sp³-hybridized carbons (Fsp3) is 0.190. The van der Waals surface area contributed by atoms with E-state index in [-0.39, 0.29) is 28.3 Å². The Morgan fingerprint density at radius 1 is 1.06 bits per heavy atom. The van der Waals surface area contributed by atoms with Crippen LogP contribution in [0.1, 0.15) is 19.0 Å². The Morgan fingerprint density at radius 2 is 1.75 bits per heavy atom. The maximum absolute atomic E-state index is 12.5. The van der Waals surface area contributed by atoms with Crippen molar-refractivity contribution in [1.29, 1.82) is 0 Å². The standard InChI is InChI=1S/C21H22N4O5S2/c1-14(26)22-15-4-3-5-16(12-15)23-20(27)11-6-17-13-31-21(24-17)25-32(28,29)19-9-7-18(30-2)8-10-19/h3-5,7-10,12-13H,6,11H2,1-2H3,(H,22,26)(H,23,27)(H,24,25). The van der Waals surface area contributed by atoms with E-state index < -0.39 is 10.0 Å². The lowest BCUT2D eigenvalue weighted by Crippen LogP contribution is -2.14. The lowest BCUT2D eigenvalue weighted by Gasteiger charge is -2.07. The summed E-state index contributed by atoms with van der Waals surface area (Å²) >= 11 is 1.14. The number of methoxy groups -OCH3 is 1. The first-order valence-electron chi connectivity index (χ1n) is 9.54. The molecular weight excluding hydrogens is 452 g/mol. The molecule has 11 heteroatoms. The van der Waals surface area contributed by atoms with Crippen LogP contribution in [0, 0.1) is 0 Å². The van der Waals surface area contributed by atoms with Crippen molar-refractivity contribution in [3.05, 3.63) is 59.6 Å². The van der Waals surface area contributed by atoms with Crippen LogP contribution in [0.15, 0.2) is 58.8 Å². The first-order chi connectivity index (χ1) is 15.2. The SMILES string of the molecule is COc1ccc(S(=O)(=O)Nc2nc(CCC(=O)Nc3cccc(NC(C)=O)c3)cs2)cc1. The number of anilines is 3. The van der Waals surface area contributed by atoms with Crippen molar-refractivity contribution in [2.75, 3.05) is 22.5 Å². The van der Waals surface area contributed by atoms with Gasteiger partial charge in [-0.2, -0.15) is 0 Å². The maximum atomic E-state index is 12.5. The van der Waals surface area contributed by atoms with Crippen molar-refractivity contribution in [1.82, 2.24) is 4.98 Å². The highest BCUT2D eigenvalue weighted by Gasteiger charge is 2.16. The van der Waals surface area contributed by atoms with Gasteiger partial charge in [-0.15, -0.1) is 11.3 Å². The van der Waals surface area contributed by atoms with E-state index in [1.54, 1.807) is 41.8 Å². The summed E-state index contributed by atoms with van der Waals surface area (Å²) in [5.41, 5.74) is 1.75. The fourth-order valence-corrected chi connectivity index (χ4v) is 4.74. The number of hydrogen-bond donors (Lipinski definition) is 3. The molecule has 0 bridgehead atoms. The summed E-state index contributed by atoms with van der Waals surface area (Å²) in [6, 6.07) is 12.8. The highest BCUT2D eigenvalue weighted by atomic mass is 32.2. The molecule has 9 nitrogen and oxygen atoms in total. The normalized spacial score (nSPS) is 10.9. The fourth-order valence-electron chi connectivity index (χ4n) is 2.74. The Labute approximate surface area is 189 Å². The van der Waals surface area contributed by atoms with Crippen LogP contribution in [0.4, 0.5) is 16.5 Å². The zero-order valence-corrected chi connectivity index (χ0v) is 19.0. The molecule has 1 heterocycles. The molecule has 0 aliphatic heterocycles. The number of aromatic nitrogens is 1. The predicted octanol–water partition coefficient (Wildman–Crippen LogP) is 3.48. The monoisotopic (exact) mass is 474 g/mol. The number of aryl methyl sites for hydroxylation is 1. The second-order valence-corrected chi connectivity index (χ2v) is 9.28. The number of hydrogen-bond acceptors (Lipinski definition) is 7. The van der Waals surface area contributed by atoms with Gasteiger partial charge in [0.25, 0.3) is 10.0 Å². The highest BCUT2D eigenvalue weighted by Crippen LogP contribution is 2.22. The molecule has 2 amide bonds. The number of amides is 2. The van der Waals surface area contributed by atoms with E-state index in [9.17, 15) is 18.0 Å². The van der Waals surface area contributed by atoms with Crippen LogP contribution in [0.5, 0.6) is 5.75 Å². The summed E-state index contributed by atoms with van der Waals surface area (Å²) in [7, 11) is -2.27. The predicted molar refractivity (Wildman–Crippen MR) is 124 cm³/mol. The van der Waals surface area contributed by atoms with Crippen molar-refractivity contribution in [2.45, 2.75) is 24.7 Å². The van der Waals surface area contributed by atoms with Gasteiger partial charge in [0.1, 0.15) is 5.75 Å². The van der Waals surface area contributed by atoms with E-state index in [0.29, 0.717) is 29.2 Å². The zero-order valence-electron chi connectivity index (χ0n) is 17.4. The smallest absolute Gasteiger partial charge is 0.263 e. The van der Waals surface area contributed by atoms with E-state index in [4.69, 9.17) is 4.74 Å². The van der Waals surface area contributed by atoms with Crippen molar-refractivity contribution in [2.24, 2.45) is 0 Å². The first kappa shape index (κ1) is 23.2. The van der Waals surface area contributed by atoms with Gasteiger partial charge in [0.15, 0.2) is 5.13 Å². The molecule has 0 atom stereocenters. The van der Waals surface area contributed by atoms with E-state index >= 15 is 0 Å². The molecule has 32 heavy (non-hydrogen) atoms. The molecule has 168 valence electrons. The zero-order chi connectivity index (χ0) is 23.1. The molecule has 3 aromatic rings. The van der Waals surface area contributed by atoms with Crippen molar-refractivity contribution >= 4 is 49.7 Å². The van der Waals surface area contributed by atoms with Crippen molar-refractivity contribution in [3.63, 3.8) is 0 Å². The summed E-state index contributed by atoms with van der Waals surface area (Å²) in [6.45, 7) is 1.41. The second-order valence-electron chi connectivity index (χ2n) is 6.74. The third-order valence-corrected chi connectivity index (χ3v) is 6.51. The number of carbonyl (C=O) groups is 2. The molecule has 0 aliphatic carbocycles. The van der Waals surface area contributed by atoms with Crippen molar-refractivity contribution < 1.29 is 22.7 Å². The van der Waals surface area contributed by atoms with Crippen LogP contribution in [-0.2, 0) is 26.0 Å². The molecular formula is C21H22N4O5S2. The summed E-state index contributed by atoms with van der Waals surface area (Å²) in [4.78, 5) is 27.7. The molecule has 0 saturated carbocycles. The molecule has 0 radical (unpaired) electrons. The number of carbonyl (C=O) groups excluding carboxylic acids is 2. The number of nitrogens with zero attached hydrogens (tertiary/aromatic N) is 1. The molecule has 0 saturated heterocycles. The number of ether oxygens (including phenoxy) is 1. The van der Waals surface area contributed by atoms with Gasteiger partial charge in [-0.3, -0.25) is 14.3 Å². The number of benzene rings is 2. The maximum Gasteiger partial charge on any atom is 0.263 e. The Balaban J connectivity index is 1.54. The van der Waals surface area contributed by atoms with E-state index in [0.717, 1.165) is 11.3 Å². The topological polar surface area (TPSA) is 126 Å². The lowest BCUT2D eigenvalue weighted by molar-refractivity contribution is -0.116. The number of sulfonamides is 1. The van der Waals surface area contributed by atoms with Crippen molar-refractivity contribution in [3.8, 4) is 5.75 Å². The van der Waals surface area contributed by atoms with E-state index in [2.05, 4.69) is 20.3 Å². The molecule has 0 spiro atoms. The summed E-state index contributed by atoms with van der Waals surface area (Å²) in [5, 5.41) is 7.35. The van der Waals surface area contributed by atoms with Crippen LogP contribution < -0.4 is 20.1 Å². The molecule has 2 aromatic carbocycles. The first-order valence-corrected chi connectivity index (χ1v) is 11.9. The van der Waals surface area contributed by atoms with Gasteiger partial charge in [0.05, 0.1) is 17.7 Å². The molecule has 0 unspecified atom stereocenters. The lowest BCUT2D eigenvalue weighted by atomic mass is 10.2. The van der Waals surface area contributed by atoms with Gasteiger partial charge in [-0.25, -0.2) is 13.4 Å². The van der Waals surface area contributed by atoms with Gasteiger partial charge < -0.3 is 15.4 Å². The van der Waals surface area contributed by atoms with Gasteiger partial charge >= 0.3 is 0 Å². The summed E-state index contributed by atoms with van der Waals surface area (Å²) in [5.74, 6) is 0.134. The van der Waals surface area contributed by atoms with Crippen LogP contribution >= 0.6 is 11.3 Å². The number of rotatable bonds is 9. The highest BCUT2D eigenvalue weighted by molar-refractivity contribution is 7.93. The second kappa shape index (κ2) is 10.2. The third-order valence-electron chi connectivity index (χ3n) is 4.22. The molecule has 0 aliphatic rings. The number of thiazole rings is 1. The Morgan fingerprint density at radius 3 is 2.41 bits per heavy atom. The molecule has 1 aromatic heterocycles. The Kier molecular flexibility index (Phi) is 7.44. The summed E-state index contributed by atoms with van der Waals surface area (Å²) in [6.07, 6.45) is 0.511. The quantitative estimate of drug-likeness (QED) is 0.436. The van der Waals surface area contributed by atoms with Crippen LogP contribution in [-0.4, -0.2) is 32.3 Å². The molecule has 3 N–H and O–H groups in total. The summed E-state index contributed by atoms with van der Waals surface area (Å²) < 4.78 is 32.5. The Bertz CT molecular complexity index is 1210. The van der Waals surface area contributed by atoms with Gasteiger partial charge in [-0.05, 0) is 48.9 Å². The average molecular weight is 475 g/mol. The Hall–Kier alpha value is -3.44. The average Bonchev–Trinajstić information content (AvgIpc) is 3.18. The van der Waals surface area contributed by atoms with Crippen LogP contribution in [0.3, 0.4) is 0 Å². The van der Waals surface area contributed by atoms with Crippen LogP contribution in [0.2, 0.25) is 0 Å². The molecule has 3 rings (SSSR count). The molecule has 0 fully saturated rings. The van der Waals surface area contributed by atoms with Gasteiger partial charge in [0, 0.05) is 30.1 Å². The van der Waals surface area contributed by atoms with E-state index in [1.165, 1.54) is 26.2 Å². The third kappa shape index (κ3) is 6.53. The number of nitrogens with one attached hydrogen (secondary N) is 3.